The van der Waals surface area contributed by atoms with Gasteiger partial charge in [0.2, 0.25) is 0 Å². The third kappa shape index (κ3) is 4.26. The molecule has 0 atom stereocenters. The van der Waals surface area contributed by atoms with Crippen molar-refractivity contribution in [2.24, 2.45) is 0 Å². The van der Waals surface area contributed by atoms with E-state index in [0.717, 1.165) is 27.6 Å². The van der Waals surface area contributed by atoms with E-state index in [9.17, 15) is 0 Å². The molecule has 5 heteroatoms. The topological polar surface area (TPSA) is 22.8 Å². The van der Waals surface area contributed by atoms with Crippen molar-refractivity contribution < 1.29 is 0 Å². The Kier molecular flexibility index (Phi) is 6.51. The minimum Gasteiger partial charge on any atom is -0.309 e. The third-order valence-electron chi connectivity index (χ3n) is 10.2. The Balaban J connectivity index is 1.22. The van der Waals surface area contributed by atoms with Crippen LogP contribution in [-0.4, -0.2) is 22.2 Å². The molecule has 0 N–H and O–H groups in total. The average molecular weight is 662 g/mol. The van der Waals surface area contributed by atoms with Crippen LogP contribution in [0.2, 0.25) is 0 Å². The van der Waals surface area contributed by atoms with Gasteiger partial charge in [0.05, 0.1) is 27.8 Å². The minimum absolute atomic E-state index is 0.946. The van der Waals surface area contributed by atoms with Crippen molar-refractivity contribution in [3.05, 3.63) is 181 Å². The van der Waals surface area contributed by atoms with Crippen molar-refractivity contribution in [1.82, 2.24) is 14.1 Å². The van der Waals surface area contributed by atoms with E-state index >= 15 is 0 Å². The van der Waals surface area contributed by atoms with Gasteiger partial charge in [0.15, 0.2) is 13.2 Å². The van der Waals surface area contributed by atoms with Crippen LogP contribution in [0.15, 0.2) is 181 Å². The molecule has 10 rings (SSSR count). The van der Waals surface area contributed by atoms with Crippen molar-refractivity contribution in [3.63, 3.8) is 0 Å². The summed E-state index contributed by atoms with van der Waals surface area (Å²) < 4.78 is 4.74. The van der Waals surface area contributed by atoms with Gasteiger partial charge in [-0.2, -0.15) is 0 Å². The summed E-state index contributed by atoms with van der Waals surface area (Å²) >= 11 is 1.81. The third-order valence-corrected chi connectivity index (χ3v) is 15.9. The fourth-order valence-electron chi connectivity index (χ4n) is 8.06. The molecule has 1 aliphatic heterocycles. The van der Waals surface area contributed by atoms with Crippen molar-refractivity contribution in [2.75, 3.05) is 0 Å². The number of imidazole rings is 1. The molecule has 0 amide bonds. The van der Waals surface area contributed by atoms with Crippen LogP contribution in [0.5, 0.6) is 0 Å². The van der Waals surface area contributed by atoms with Gasteiger partial charge >= 0.3 is 0 Å². The minimum atomic E-state index is -2.67. The van der Waals surface area contributed by atoms with Gasteiger partial charge in [-0.1, -0.05) is 151 Å². The number of aromatic nitrogens is 3. The molecule has 232 valence electrons. The van der Waals surface area contributed by atoms with E-state index in [1.54, 1.807) is 0 Å². The highest BCUT2D eigenvalue weighted by Gasteiger charge is 2.41. The number of hydrogen-bond acceptors (Lipinski definition) is 2. The molecule has 9 aromatic rings. The van der Waals surface area contributed by atoms with Gasteiger partial charge in [0.1, 0.15) is 0 Å². The Morgan fingerprint density at radius 3 is 1.78 bits per heavy atom. The highest BCUT2D eigenvalue weighted by Crippen LogP contribution is 2.38. The van der Waals surface area contributed by atoms with E-state index in [1.807, 2.05) is 11.8 Å². The zero-order valence-corrected chi connectivity index (χ0v) is 28.5. The van der Waals surface area contributed by atoms with E-state index in [0.29, 0.717) is 0 Å². The lowest BCUT2D eigenvalue weighted by atomic mass is 10.1. The number of fused-ring (bicyclic) bond motifs is 8. The molecule has 49 heavy (non-hydrogen) atoms. The van der Waals surface area contributed by atoms with E-state index in [2.05, 4.69) is 185 Å². The summed E-state index contributed by atoms with van der Waals surface area (Å²) in [5.74, 6) is 0.946. The monoisotopic (exact) mass is 661 g/mol. The molecular formula is C44H31N3SSi. The van der Waals surface area contributed by atoms with Crippen LogP contribution in [0.1, 0.15) is 5.56 Å². The second-order valence-electron chi connectivity index (χ2n) is 12.8. The van der Waals surface area contributed by atoms with Crippen molar-refractivity contribution in [1.29, 1.82) is 0 Å². The second-order valence-corrected chi connectivity index (χ2v) is 17.5. The maximum absolute atomic E-state index is 5.15. The lowest BCUT2D eigenvalue weighted by Gasteiger charge is -2.34. The maximum Gasteiger partial charge on any atom is 0.179 e. The molecular weight excluding hydrogens is 631 g/mol. The molecule has 0 radical (unpaired) electrons. The number of rotatable bonds is 5. The van der Waals surface area contributed by atoms with Gasteiger partial charge in [0.25, 0.3) is 0 Å². The van der Waals surface area contributed by atoms with Crippen LogP contribution >= 0.6 is 11.8 Å². The first kappa shape index (κ1) is 28.4. The first-order valence-electron chi connectivity index (χ1n) is 16.7. The molecule has 7 aromatic carbocycles. The molecule has 0 saturated carbocycles. The zero-order valence-electron chi connectivity index (χ0n) is 26.7. The summed E-state index contributed by atoms with van der Waals surface area (Å²) in [5.41, 5.74) is 8.27. The van der Waals surface area contributed by atoms with Crippen molar-refractivity contribution in [3.8, 4) is 11.4 Å². The fraction of sp³-hybridized carbons (Fsp3) is 0.0227. The first-order valence-corrected chi connectivity index (χ1v) is 19.7. The standard InChI is InChI=1S/C44H31N3SSi/c1-4-15-33(16-5-1)49(34-17-6-2-7-18-34,35-19-8-3-9-20-35)36-25-27-42-38(29-36)37-21-11-13-23-41(37)46(42)32-24-26-43-39(28-32)45-44-47(43)40-22-12-10-14-31(40)30-48-44/h1-29H,30H2. The molecule has 0 bridgehead atoms. The summed E-state index contributed by atoms with van der Waals surface area (Å²) in [7, 11) is -2.67. The lowest BCUT2D eigenvalue weighted by molar-refractivity contribution is 0.894. The summed E-state index contributed by atoms with van der Waals surface area (Å²) in [6, 6.07) is 65.0. The number of hydrogen-bond donors (Lipinski definition) is 0. The van der Waals surface area contributed by atoms with Crippen LogP contribution in [-0.2, 0) is 5.75 Å². The molecule has 0 unspecified atom stereocenters. The molecule has 0 fully saturated rings. The normalized spacial score (nSPS) is 12.7. The summed E-state index contributed by atoms with van der Waals surface area (Å²) in [6.07, 6.45) is 0. The van der Waals surface area contributed by atoms with Gasteiger partial charge in [-0.05, 0) is 62.7 Å². The molecule has 0 spiro atoms. The molecule has 2 aromatic heterocycles. The number of para-hydroxylation sites is 2. The van der Waals surface area contributed by atoms with Gasteiger partial charge in [-0.15, -0.1) is 0 Å². The van der Waals surface area contributed by atoms with E-state index in [4.69, 9.17) is 4.98 Å². The fourth-order valence-corrected chi connectivity index (χ4v) is 13.8. The van der Waals surface area contributed by atoms with E-state index in [1.165, 1.54) is 53.8 Å². The quantitative estimate of drug-likeness (QED) is 0.137. The number of thioether (sulfide) groups is 1. The Bertz CT molecular complexity index is 2560. The van der Waals surface area contributed by atoms with Crippen LogP contribution in [0.3, 0.4) is 0 Å². The highest BCUT2D eigenvalue weighted by atomic mass is 32.2. The molecule has 3 heterocycles. The van der Waals surface area contributed by atoms with Crippen molar-refractivity contribution >= 4 is 73.4 Å². The largest absolute Gasteiger partial charge is 0.309 e. The molecule has 1 aliphatic rings. The molecule has 0 saturated heterocycles. The first-order chi connectivity index (χ1) is 24.3. The van der Waals surface area contributed by atoms with E-state index < -0.39 is 8.07 Å². The second kappa shape index (κ2) is 11.2. The molecule has 3 nitrogen and oxygen atoms in total. The Morgan fingerprint density at radius 2 is 1.06 bits per heavy atom. The Labute approximate surface area is 290 Å². The lowest BCUT2D eigenvalue weighted by Crippen LogP contribution is -2.74. The van der Waals surface area contributed by atoms with E-state index in [-0.39, 0.29) is 0 Å². The van der Waals surface area contributed by atoms with Crippen LogP contribution in [0.4, 0.5) is 0 Å². The van der Waals surface area contributed by atoms with Gasteiger partial charge in [0, 0.05) is 22.2 Å². The molecule has 0 aliphatic carbocycles. The van der Waals surface area contributed by atoms with Gasteiger partial charge < -0.3 is 4.57 Å². The Morgan fingerprint density at radius 1 is 0.469 bits per heavy atom. The smallest absolute Gasteiger partial charge is 0.179 e. The van der Waals surface area contributed by atoms with Crippen molar-refractivity contribution in [2.45, 2.75) is 10.9 Å². The number of benzene rings is 7. The summed E-state index contributed by atoms with van der Waals surface area (Å²) in [5, 5.41) is 9.09. The SMILES string of the molecule is c1ccc([Si](c2ccccc2)(c2ccccc2)c2ccc3c(c2)c2ccccc2n3-c2ccc3c(c2)nc2n3-c3ccccc3CS2)cc1. The number of nitrogens with zero attached hydrogens (tertiary/aromatic N) is 3. The maximum atomic E-state index is 5.15. The van der Waals surface area contributed by atoms with Gasteiger partial charge in [-0.25, -0.2) is 4.98 Å². The van der Waals surface area contributed by atoms with Gasteiger partial charge in [-0.3, -0.25) is 4.57 Å². The summed E-state index contributed by atoms with van der Waals surface area (Å²) in [6.45, 7) is 0. The average Bonchev–Trinajstić information content (AvgIpc) is 3.72. The predicted octanol–water partition coefficient (Wildman–Crippen LogP) is 8.11. The van der Waals surface area contributed by atoms with Crippen LogP contribution in [0, 0.1) is 0 Å². The van der Waals surface area contributed by atoms with Crippen LogP contribution in [0.25, 0.3) is 44.2 Å². The Hall–Kier alpha value is -5.62. The van der Waals surface area contributed by atoms with Crippen LogP contribution < -0.4 is 20.7 Å². The highest BCUT2D eigenvalue weighted by molar-refractivity contribution is 7.98. The summed E-state index contributed by atoms with van der Waals surface area (Å²) in [4.78, 5) is 5.15. The zero-order chi connectivity index (χ0) is 32.4. The predicted molar refractivity (Wildman–Crippen MR) is 209 cm³/mol.